The van der Waals surface area contributed by atoms with Crippen molar-refractivity contribution in [3.8, 4) is 5.75 Å². The molecule has 0 amide bonds. The van der Waals surface area contributed by atoms with Crippen LogP contribution >= 0.6 is 0 Å². The largest absolute Gasteiger partial charge is 0.491 e. The van der Waals surface area contributed by atoms with Crippen molar-refractivity contribution in [3.05, 3.63) is 29.8 Å². The lowest BCUT2D eigenvalue weighted by molar-refractivity contribution is -0.149. The monoisotopic (exact) mass is 524 g/mol. The first-order valence-corrected chi connectivity index (χ1v) is 13.7. The lowest BCUT2D eigenvalue weighted by Crippen LogP contribution is -2.50. The fourth-order valence-electron chi connectivity index (χ4n) is 3.94. The van der Waals surface area contributed by atoms with E-state index in [0.29, 0.717) is 59.3 Å². The number of nitrogens with one attached hydrogen (secondary N) is 3. The lowest BCUT2D eigenvalue weighted by atomic mass is 10.0. The quantitative estimate of drug-likeness (QED) is 0.212. The van der Waals surface area contributed by atoms with Gasteiger partial charge < -0.3 is 39.6 Å². The van der Waals surface area contributed by atoms with Crippen molar-refractivity contribution < 1.29 is 28.5 Å². The molecule has 1 aromatic carbocycles. The highest BCUT2D eigenvalue weighted by molar-refractivity contribution is 5.76. The number of hydrogen-bond donors (Lipinski definition) is 3. The van der Waals surface area contributed by atoms with Crippen LogP contribution in [0, 0.1) is 0 Å². The van der Waals surface area contributed by atoms with Crippen LogP contribution in [0.25, 0.3) is 0 Å². The third kappa shape index (κ3) is 14.7. The van der Waals surface area contributed by atoms with Crippen LogP contribution in [0.2, 0.25) is 0 Å². The van der Waals surface area contributed by atoms with Gasteiger partial charge in [0.15, 0.2) is 0 Å². The summed E-state index contributed by atoms with van der Waals surface area (Å²) < 4.78 is 27.4. The topological polar surface area (TPSA) is 103 Å². The smallest absolute Gasteiger partial charge is 0.323 e. The molecule has 10 nitrogen and oxygen atoms in total. The molecule has 1 aromatic rings. The van der Waals surface area contributed by atoms with Crippen LogP contribution < -0.4 is 20.7 Å². The summed E-state index contributed by atoms with van der Waals surface area (Å²) in [7, 11) is 0. The van der Waals surface area contributed by atoms with Crippen molar-refractivity contribution in [3.63, 3.8) is 0 Å². The highest BCUT2D eigenvalue weighted by Gasteiger charge is 2.27. The van der Waals surface area contributed by atoms with Gasteiger partial charge in [-0.3, -0.25) is 9.69 Å². The van der Waals surface area contributed by atoms with Gasteiger partial charge in [0.05, 0.1) is 39.6 Å². The number of carbonyl (C=O) groups excluding carboxylic acids is 1. The van der Waals surface area contributed by atoms with Crippen molar-refractivity contribution in [1.82, 2.24) is 20.9 Å². The number of benzene rings is 1. The van der Waals surface area contributed by atoms with E-state index in [0.717, 1.165) is 63.7 Å². The van der Waals surface area contributed by atoms with Gasteiger partial charge in [-0.05, 0) is 38.0 Å². The number of rotatable bonds is 16. The molecule has 0 radical (unpaired) electrons. The van der Waals surface area contributed by atoms with Crippen LogP contribution in [-0.2, 0) is 30.2 Å². The highest BCUT2D eigenvalue weighted by atomic mass is 16.6. The second-order valence-electron chi connectivity index (χ2n) is 8.67. The predicted octanol–water partition coefficient (Wildman–Crippen LogP) is 0.694. The number of esters is 1. The predicted molar refractivity (Wildman–Crippen MR) is 144 cm³/mol. The van der Waals surface area contributed by atoms with Gasteiger partial charge in [-0.1, -0.05) is 12.1 Å². The second kappa shape index (κ2) is 21.2. The lowest BCUT2D eigenvalue weighted by Gasteiger charge is -2.31. The average Bonchev–Trinajstić information content (AvgIpc) is 2.90. The van der Waals surface area contributed by atoms with Crippen molar-refractivity contribution in [2.75, 3.05) is 105 Å². The van der Waals surface area contributed by atoms with Crippen molar-refractivity contribution in [1.29, 1.82) is 0 Å². The van der Waals surface area contributed by atoms with E-state index in [1.165, 1.54) is 0 Å². The molecule has 0 saturated carbocycles. The Kier molecular flexibility index (Phi) is 18.0. The van der Waals surface area contributed by atoms with E-state index in [1.54, 1.807) is 0 Å². The Balaban J connectivity index is 1.80. The van der Waals surface area contributed by atoms with E-state index < -0.39 is 0 Å². The first-order chi connectivity index (χ1) is 18.2. The van der Waals surface area contributed by atoms with Crippen LogP contribution in [-0.4, -0.2) is 122 Å². The minimum absolute atomic E-state index is 0.171. The summed E-state index contributed by atoms with van der Waals surface area (Å²) in [5.74, 6) is 0.608. The normalized spacial score (nSPS) is 16.9. The van der Waals surface area contributed by atoms with Gasteiger partial charge in [0.25, 0.3) is 0 Å². The summed E-state index contributed by atoms with van der Waals surface area (Å²) in [4.78, 5) is 15.2. The van der Waals surface area contributed by atoms with Crippen LogP contribution in [0.5, 0.6) is 5.75 Å². The molecule has 1 atom stereocenters. The standard InChI is InChI=1S/C27H48N4O6/c1-3-33-17-18-34-19-20-35-21-22-37-25-7-5-24(6-8-25)23-26(27(32)36-4-2)31-15-13-29-11-9-28-10-12-30-14-16-31/h5-8,26,28-30H,3-4,9-23H2,1-2H3/t26-/m1/s1. The van der Waals surface area contributed by atoms with E-state index >= 15 is 0 Å². The highest BCUT2D eigenvalue weighted by Crippen LogP contribution is 2.16. The van der Waals surface area contributed by atoms with Gasteiger partial charge in [0.1, 0.15) is 18.4 Å². The first kappa shape index (κ1) is 31.4. The molecule has 1 heterocycles. The Morgan fingerprint density at radius 1 is 0.757 bits per heavy atom. The molecule has 37 heavy (non-hydrogen) atoms. The van der Waals surface area contributed by atoms with Gasteiger partial charge >= 0.3 is 5.97 Å². The summed E-state index contributed by atoms with van der Waals surface area (Å²) in [6.07, 6.45) is 0.590. The van der Waals surface area contributed by atoms with E-state index in [-0.39, 0.29) is 12.0 Å². The van der Waals surface area contributed by atoms with Gasteiger partial charge in [0, 0.05) is 59.0 Å². The first-order valence-electron chi connectivity index (χ1n) is 13.7. The second-order valence-corrected chi connectivity index (χ2v) is 8.67. The van der Waals surface area contributed by atoms with Gasteiger partial charge in [-0.15, -0.1) is 0 Å². The maximum absolute atomic E-state index is 12.9. The molecule has 3 N–H and O–H groups in total. The molecule has 1 fully saturated rings. The summed E-state index contributed by atoms with van der Waals surface area (Å²) in [5, 5.41) is 10.3. The van der Waals surface area contributed by atoms with Gasteiger partial charge in [-0.2, -0.15) is 0 Å². The molecule has 10 heteroatoms. The molecule has 0 aromatic heterocycles. The van der Waals surface area contributed by atoms with E-state index in [9.17, 15) is 4.79 Å². The maximum atomic E-state index is 12.9. The maximum Gasteiger partial charge on any atom is 0.323 e. The van der Waals surface area contributed by atoms with Gasteiger partial charge in [-0.25, -0.2) is 0 Å². The minimum atomic E-state index is -0.333. The minimum Gasteiger partial charge on any atom is -0.491 e. The van der Waals surface area contributed by atoms with E-state index in [2.05, 4.69) is 20.9 Å². The molecule has 2 rings (SSSR count). The zero-order valence-corrected chi connectivity index (χ0v) is 22.8. The zero-order chi connectivity index (χ0) is 26.4. The molecule has 0 unspecified atom stereocenters. The molecule has 1 aliphatic rings. The molecule has 0 aliphatic carbocycles. The van der Waals surface area contributed by atoms with Crippen molar-refractivity contribution in [2.45, 2.75) is 26.3 Å². The molecule has 0 bridgehead atoms. The molecule has 1 saturated heterocycles. The molecule has 1 aliphatic heterocycles. The molecular weight excluding hydrogens is 476 g/mol. The summed E-state index contributed by atoms with van der Waals surface area (Å²) in [6, 6.07) is 7.60. The van der Waals surface area contributed by atoms with Crippen molar-refractivity contribution in [2.24, 2.45) is 0 Å². The fraction of sp³-hybridized carbons (Fsp3) is 0.741. The van der Waals surface area contributed by atoms with Crippen LogP contribution in [0.1, 0.15) is 19.4 Å². The third-order valence-corrected chi connectivity index (χ3v) is 5.91. The Bertz CT molecular complexity index is 682. The fourth-order valence-corrected chi connectivity index (χ4v) is 3.94. The Hall–Kier alpha value is -1.79. The van der Waals surface area contributed by atoms with Crippen molar-refractivity contribution >= 4 is 5.97 Å². The molecular formula is C27H48N4O6. The third-order valence-electron chi connectivity index (χ3n) is 5.91. The van der Waals surface area contributed by atoms with E-state index in [4.69, 9.17) is 23.7 Å². The summed E-state index contributed by atoms with van der Waals surface area (Å²) in [5.41, 5.74) is 1.07. The Morgan fingerprint density at radius 3 is 1.86 bits per heavy atom. The van der Waals surface area contributed by atoms with Crippen LogP contribution in [0.3, 0.4) is 0 Å². The number of nitrogens with zero attached hydrogens (tertiary/aromatic N) is 1. The number of carbonyl (C=O) groups is 1. The number of ether oxygens (including phenoxy) is 5. The Labute approximate surface area is 222 Å². The van der Waals surface area contributed by atoms with Crippen LogP contribution in [0.4, 0.5) is 0 Å². The average molecular weight is 525 g/mol. The summed E-state index contributed by atoms with van der Waals surface area (Å²) >= 11 is 0. The molecule has 212 valence electrons. The van der Waals surface area contributed by atoms with Crippen LogP contribution in [0.15, 0.2) is 24.3 Å². The van der Waals surface area contributed by atoms with E-state index in [1.807, 2.05) is 38.1 Å². The molecule has 0 spiro atoms. The zero-order valence-electron chi connectivity index (χ0n) is 22.8. The SMILES string of the molecule is CCOCCOCCOCCOc1ccc(C[C@H](C(=O)OCC)N2CCNCCNCCNCC2)cc1. The summed E-state index contributed by atoms with van der Waals surface area (Å²) in [6.45, 7) is 15.0. The Morgan fingerprint density at radius 2 is 1.30 bits per heavy atom. The van der Waals surface area contributed by atoms with Gasteiger partial charge in [0.2, 0.25) is 0 Å². The number of hydrogen-bond acceptors (Lipinski definition) is 10.